The van der Waals surface area contributed by atoms with Crippen LogP contribution in [-0.4, -0.2) is 66.8 Å². The third kappa shape index (κ3) is 3.45. The van der Waals surface area contributed by atoms with Gasteiger partial charge in [-0.15, -0.1) is 0 Å². The van der Waals surface area contributed by atoms with Crippen molar-refractivity contribution in [1.82, 2.24) is 9.80 Å². The molecular formula is C21H24N2O3. The SMILES string of the molecule is CN1C[C@@H]2COC[C@H](C1)N(C(=O)c1cccc(-c3ccc(O)cc3)c1)C2. The van der Waals surface area contributed by atoms with Crippen molar-refractivity contribution < 1.29 is 14.6 Å². The zero-order valence-corrected chi connectivity index (χ0v) is 15.0. The lowest BCUT2D eigenvalue weighted by atomic mass is 10.0. The average Bonchev–Trinajstić information content (AvgIpc) is 2.92. The van der Waals surface area contributed by atoms with Crippen molar-refractivity contribution in [3.05, 3.63) is 54.1 Å². The van der Waals surface area contributed by atoms with Crippen molar-refractivity contribution in [3.8, 4) is 16.9 Å². The van der Waals surface area contributed by atoms with Crippen LogP contribution in [0, 0.1) is 5.92 Å². The van der Waals surface area contributed by atoms with Gasteiger partial charge in [-0.25, -0.2) is 0 Å². The number of benzene rings is 2. The van der Waals surface area contributed by atoms with E-state index in [9.17, 15) is 9.90 Å². The molecule has 136 valence electrons. The van der Waals surface area contributed by atoms with Gasteiger partial charge in [0.25, 0.3) is 5.91 Å². The van der Waals surface area contributed by atoms with Crippen LogP contribution in [0.25, 0.3) is 11.1 Å². The number of phenols is 1. The van der Waals surface area contributed by atoms with Crippen molar-refractivity contribution in [1.29, 1.82) is 0 Å². The molecule has 2 heterocycles. The summed E-state index contributed by atoms with van der Waals surface area (Å²) in [4.78, 5) is 17.6. The molecule has 0 aliphatic carbocycles. The van der Waals surface area contributed by atoms with E-state index in [1.165, 1.54) is 0 Å². The number of hydrogen-bond donors (Lipinski definition) is 1. The lowest BCUT2D eigenvalue weighted by Gasteiger charge is -2.30. The molecule has 0 radical (unpaired) electrons. The van der Waals surface area contributed by atoms with Crippen LogP contribution in [-0.2, 0) is 4.74 Å². The van der Waals surface area contributed by atoms with Crippen molar-refractivity contribution in [2.45, 2.75) is 6.04 Å². The van der Waals surface area contributed by atoms with Gasteiger partial charge in [-0.3, -0.25) is 4.79 Å². The molecule has 0 spiro atoms. The summed E-state index contributed by atoms with van der Waals surface area (Å²) in [7, 11) is 2.12. The standard InChI is InChI=1S/C21H24N2O3/c1-22-10-15-11-23(19(12-22)14-26-13-15)21(25)18-4-2-3-17(9-18)16-5-7-20(24)8-6-16/h2-9,15,19,24H,10-14H2,1H3/t15-,19-/m0/s1. The molecule has 2 aliphatic rings. The van der Waals surface area contributed by atoms with E-state index in [0.29, 0.717) is 18.1 Å². The minimum absolute atomic E-state index is 0.0708. The molecule has 2 saturated heterocycles. The largest absolute Gasteiger partial charge is 0.508 e. The highest BCUT2D eigenvalue weighted by atomic mass is 16.5. The second-order valence-electron chi connectivity index (χ2n) is 7.36. The molecule has 2 aliphatic heterocycles. The first-order chi connectivity index (χ1) is 12.6. The van der Waals surface area contributed by atoms with Gasteiger partial charge in [0.1, 0.15) is 5.75 Å². The first kappa shape index (κ1) is 17.1. The maximum Gasteiger partial charge on any atom is 0.254 e. The topological polar surface area (TPSA) is 53.0 Å². The van der Waals surface area contributed by atoms with Gasteiger partial charge in [0.2, 0.25) is 0 Å². The second-order valence-corrected chi connectivity index (χ2v) is 7.36. The fraction of sp³-hybridized carbons (Fsp3) is 0.381. The Morgan fingerprint density at radius 1 is 1.04 bits per heavy atom. The number of ether oxygens (including phenoxy) is 1. The average molecular weight is 352 g/mol. The smallest absolute Gasteiger partial charge is 0.254 e. The molecule has 26 heavy (non-hydrogen) atoms. The number of amides is 1. The van der Waals surface area contributed by atoms with E-state index >= 15 is 0 Å². The van der Waals surface area contributed by atoms with E-state index in [1.807, 2.05) is 41.3 Å². The lowest BCUT2D eigenvalue weighted by Crippen LogP contribution is -2.45. The molecule has 2 aromatic carbocycles. The van der Waals surface area contributed by atoms with E-state index in [2.05, 4.69) is 11.9 Å². The van der Waals surface area contributed by atoms with Crippen LogP contribution in [0.15, 0.2) is 48.5 Å². The summed E-state index contributed by atoms with van der Waals surface area (Å²) >= 11 is 0. The van der Waals surface area contributed by atoms with Crippen LogP contribution >= 0.6 is 0 Å². The summed E-state index contributed by atoms with van der Waals surface area (Å²) in [6.07, 6.45) is 0. The fourth-order valence-corrected chi connectivity index (χ4v) is 3.98. The molecule has 2 fully saturated rings. The molecule has 5 heteroatoms. The quantitative estimate of drug-likeness (QED) is 0.902. The van der Waals surface area contributed by atoms with Crippen molar-refractivity contribution in [2.24, 2.45) is 5.92 Å². The number of carbonyl (C=O) groups excluding carboxylic acids is 1. The number of fused-ring (bicyclic) bond motifs is 3. The molecule has 2 bridgehead atoms. The highest BCUT2D eigenvalue weighted by Gasteiger charge is 2.35. The fourth-order valence-electron chi connectivity index (χ4n) is 3.98. The van der Waals surface area contributed by atoms with E-state index in [-0.39, 0.29) is 17.7 Å². The van der Waals surface area contributed by atoms with E-state index in [4.69, 9.17) is 4.74 Å². The maximum atomic E-state index is 13.3. The zero-order valence-electron chi connectivity index (χ0n) is 15.0. The van der Waals surface area contributed by atoms with Gasteiger partial charge >= 0.3 is 0 Å². The Bertz CT molecular complexity index is 790. The van der Waals surface area contributed by atoms with Crippen molar-refractivity contribution in [3.63, 3.8) is 0 Å². The maximum absolute atomic E-state index is 13.3. The summed E-state index contributed by atoms with van der Waals surface area (Å²) in [5.74, 6) is 0.667. The molecule has 2 aromatic rings. The molecule has 2 atom stereocenters. The molecule has 0 aromatic heterocycles. The van der Waals surface area contributed by atoms with E-state index < -0.39 is 0 Å². The molecule has 1 N–H and O–H groups in total. The monoisotopic (exact) mass is 352 g/mol. The zero-order chi connectivity index (χ0) is 18.1. The Morgan fingerprint density at radius 2 is 1.85 bits per heavy atom. The van der Waals surface area contributed by atoms with Crippen LogP contribution in [0.3, 0.4) is 0 Å². The number of nitrogens with zero attached hydrogens (tertiary/aromatic N) is 2. The predicted octanol–water partition coefficient (Wildman–Crippen LogP) is 2.46. The Morgan fingerprint density at radius 3 is 2.65 bits per heavy atom. The van der Waals surface area contributed by atoms with Crippen LogP contribution in [0.5, 0.6) is 5.75 Å². The van der Waals surface area contributed by atoms with Gasteiger partial charge in [0.15, 0.2) is 0 Å². The summed E-state index contributed by atoms with van der Waals surface area (Å²) < 4.78 is 5.79. The molecule has 4 rings (SSSR count). The van der Waals surface area contributed by atoms with Crippen LogP contribution in [0.1, 0.15) is 10.4 Å². The summed E-state index contributed by atoms with van der Waals surface area (Å²) in [6, 6.07) is 14.9. The van der Waals surface area contributed by atoms with Gasteiger partial charge in [-0.05, 0) is 42.4 Å². The van der Waals surface area contributed by atoms with Gasteiger partial charge in [0.05, 0.1) is 19.3 Å². The number of phenolic OH excluding ortho intramolecular Hbond substituents is 1. The number of aromatic hydroxyl groups is 1. The highest BCUT2D eigenvalue weighted by Crippen LogP contribution is 2.25. The minimum atomic E-state index is 0.0708. The van der Waals surface area contributed by atoms with Gasteiger partial charge in [-0.2, -0.15) is 0 Å². The van der Waals surface area contributed by atoms with Crippen molar-refractivity contribution in [2.75, 3.05) is 39.9 Å². The van der Waals surface area contributed by atoms with Crippen LogP contribution in [0.4, 0.5) is 0 Å². The molecule has 0 saturated carbocycles. The van der Waals surface area contributed by atoms with Crippen molar-refractivity contribution >= 4 is 5.91 Å². The van der Waals surface area contributed by atoms with E-state index in [0.717, 1.165) is 37.4 Å². The van der Waals surface area contributed by atoms with Gasteiger partial charge in [-0.1, -0.05) is 24.3 Å². The van der Waals surface area contributed by atoms with Crippen LogP contribution in [0.2, 0.25) is 0 Å². The Labute approximate surface area is 153 Å². The van der Waals surface area contributed by atoms with E-state index in [1.54, 1.807) is 12.1 Å². The number of carbonyl (C=O) groups is 1. The predicted molar refractivity (Wildman–Crippen MR) is 100 cm³/mol. The lowest BCUT2D eigenvalue weighted by molar-refractivity contribution is 0.0483. The third-order valence-electron chi connectivity index (χ3n) is 5.22. The number of rotatable bonds is 2. The first-order valence-corrected chi connectivity index (χ1v) is 9.07. The molecule has 1 amide bonds. The Hall–Kier alpha value is -2.37. The normalized spacial score (nSPS) is 23.5. The number of likely N-dealkylation sites (N-methyl/N-ethyl adjacent to an activating group) is 1. The van der Waals surface area contributed by atoms with Gasteiger partial charge < -0.3 is 19.6 Å². The molecule has 5 nitrogen and oxygen atoms in total. The summed E-state index contributed by atoms with van der Waals surface area (Å²) in [5.41, 5.74) is 2.66. The Kier molecular flexibility index (Phi) is 4.66. The third-order valence-corrected chi connectivity index (χ3v) is 5.22. The summed E-state index contributed by atoms with van der Waals surface area (Å²) in [5, 5.41) is 9.48. The van der Waals surface area contributed by atoms with Gasteiger partial charge in [0, 0.05) is 31.1 Å². The second kappa shape index (κ2) is 7.09. The summed E-state index contributed by atoms with van der Waals surface area (Å²) in [6.45, 7) is 3.88. The van der Waals surface area contributed by atoms with Crippen LogP contribution < -0.4 is 0 Å². The molecule has 0 unspecified atom stereocenters. The number of hydrogen-bond acceptors (Lipinski definition) is 4. The highest BCUT2D eigenvalue weighted by molar-refractivity contribution is 5.95. The first-order valence-electron chi connectivity index (χ1n) is 9.07. The minimum Gasteiger partial charge on any atom is -0.508 e. The Balaban J connectivity index is 1.62. The molecular weight excluding hydrogens is 328 g/mol.